The molecule has 1 aromatic rings. The Hall–Kier alpha value is -2.04. The van der Waals surface area contributed by atoms with Crippen molar-refractivity contribution in [3.05, 3.63) is 29.8 Å². The molecule has 1 unspecified atom stereocenters. The summed E-state index contributed by atoms with van der Waals surface area (Å²) in [7, 11) is 0. The summed E-state index contributed by atoms with van der Waals surface area (Å²) in [6, 6.07) is 6.07. The maximum Gasteiger partial charge on any atom is 0.325 e. The molecule has 0 aliphatic carbocycles. The SMILES string of the molecule is CC(Nc1ccc(C(=N)N)cc1)C(=O)O. The molecule has 0 aliphatic heterocycles. The third kappa shape index (κ3) is 2.98. The fourth-order valence-electron chi connectivity index (χ4n) is 1.06. The molecule has 5 N–H and O–H groups in total. The number of nitrogens with two attached hydrogens (primary N) is 1. The lowest BCUT2D eigenvalue weighted by molar-refractivity contribution is -0.137. The molecular weight excluding hydrogens is 194 g/mol. The van der Waals surface area contributed by atoms with Gasteiger partial charge in [0, 0.05) is 11.3 Å². The number of hydrogen-bond donors (Lipinski definition) is 4. The first-order chi connectivity index (χ1) is 7.00. The van der Waals surface area contributed by atoms with E-state index in [0.717, 1.165) is 0 Å². The molecule has 5 nitrogen and oxygen atoms in total. The Morgan fingerprint density at radius 3 is 2.40 bits per heavy atom. The van der Waals surface area contributed by atoms with Crippen LogP contribution in [0, 0.1) is 5.41 Å². The highest BCUT2D eigenvalue weighted by molar-refractivity contribution is 5.95. The van der Waals surface area contributed by atoms with Gasteiger partial charge >= 0.3 is 5.97 Å². The van der Waals surface area contributed by atoms with Crippen molar-refractivity contribution in [2.24, 2.45) is 5.73 Å². The van der Waals surface area contributed by atoms with Crippen molar-refractivity contribution < 1.29 is 9.90 Å². The van der Waals surface area contributed by atoms with Gasteiger partial charge in [-0.25, -0.2) is 0 Å². The minimum Gasteiger partial charge on any atom is -0.480 e. The van der Waals surface area contributed by atoms with Crippen molar-refractivity contribution >= 4 is 17.5 Å². The summed E-state index contributed by atoms with van der Waals surface area (Å²) in [6.07, 6.45) is 0. The Morgan fingerprint density at radius 2 is 2.00 bits per heavy atom. The Kier molecular flexibility index (Phi) is 3.28. The van der Waals surface area contributed by atoms with Gasteiger partial charge in [0.15, 0.2) is 0 Å². The maximum absolute atomic E-state index is 10.6. The molecule has 0 heterocycles. The highest BCUT2D eigenvalue weighted by atomic mass is 16.4. The third-order valence-corrected chi connectivity index (χ3v) is 1.95. The van der Waals surface area contributed by atoms with Crippen LogP contribution in [-0.4, -0.2) is 23.0 Å². The fraction of sp³-hybridized carbons (Fsp3) is 0.200. The monoisotopic (exact) mass is 207 g/mol. The fourth-order valence-corrected chi connectivity index (χ4v) is 1.06. The normalized spacial score (nSPS) is 11.8. The predicted molar refractivity (Wildman–Crippen MR) is 58.2 cm³/mol. The topological polar surface area (TPSA) is 99.2 Å². The summed E-state index contributed by atoms with van der Waals surface area (Å²) in [5.74, 6) is -0.918. The van der Waals surface area contributed by atoms with E-state index >= 15 is 0 Å². The number of aliphatic carboxylic acids is 1. The quantitative estimate of drug-likeness (QED) is 0.434. The summed E-state index contributed by atoms with van der Waals surface area (Å²) < 4.78 is 0. The van der Waals surface area contributed by atoms with Gasteiger partial charge in [-0.2, -0.15) is 0 Å². The first-order valence-electron chi connectivity index (χ1n) is 4.44. The van der Waals surface area contributed by atoms with E-state index in [-0.39, 0.29) is 5.84 Å². The number of nitrogen functional groups attached to an aromatic ring is 1. The average molecular weight is 207 g/mol. The van der Waals surface area contributed by atoms with E-state index in [1.54, 1.807) is 31.2 Å². The van der Waals surface area contributed by atoms with Gasteiger partial charge < -0.3 is 16.2 Å². The van der Waals surface area contributed by atoms with E-state index in [0.29, 0.717) is 11.3 Å². The molecule has 0 amide bonds. The van der Waals surface area contributed by atoms with Crippen LogP contribution in [0.2, 0.25) is 0 Å². The highest BCUT2D eigenvalue weighted by Gasteiger charge is 2.09. The second kappa shape index (κ2) is 4.45. The summed E-state index contributed by atoms with van der Waals surface area (Å²) in [5.41, 5.74) is 6.59. The Bertz CT molecular complexity index is 373. The number of rotatable bonds is 4. The van der Waals surface area contributed by atoms with Crippen molar-refractivity contribution in [1.29, 1.82) is 5.41 Å². The van der Waals surface area contributed by atoms with Crippen molar-refractivity contribution in [3.8, 4) is 0 Å². The van der Waals surface area contributed by atoms with Crippen LogP contribution in [0.4, 0.5) is 5.69 Å². The highest BCUT2D eigenvalue weighted by Crippen LogP contribution is 2.10. The molecule has 1 rings (SSSR count). The number of benzene rings is 1. The molecule has 80 valence electrons. The zero-order chi connectivity index (χ0) is 11.4. The van der Waals surface area contributed by atoms with E-state index in [1.807, 2.05) is 0 Å². The van der Waals surface area contributed by atoms with Crippen molar-refractivity contribution in [1.82, 2.24) is 0 Å². The molecular formula is C10H13N3O2. The van der Waals surface area contributed by atoms with Gasteiger partial charge in [-0.15, -0.1) is 0 Å². The smallest absolute Gasteiger partial charge is 0.325 e. The molecule has 1 atom stereocenters. The van der Waals surface area contributed by atoms with Gasteiger partial charge in [0.1, 0.15) is 11.9 Å². The number of nitrogens with one attached hydrogen (secondary N) is 2. The number of amidine groups is 1. The number of carboxylic acids is 1. The standard InChI is InChI=1S/C10H13N3O2/c1-6(10(14)15)13-8-4-2-7(3-5-8)9(11)12/h2-6,13H,1H3,(H3,11,12)(H,14,15). The number of hydrogen-bond acceptors (Lipinski definition) is 3. The van der Waals surface area contributed by atoms with Gasteiger partial charge in [0.2, 0.25) is 0 Å². The van der Waals surface area contributed by atoms with E-state index in [9.17, 15) is 4.79 Å². The van der Waals surface area contributed by atoms with Crippen LogP contribution < -0.4 is 11.1 Å². The van der Waals surface area contributed by atoms with Crippen LogP contribution in [0.15, 0.2) is 24.3 Å². The minimum absolute atomic E-state index is 0.00664. The van der Waals surface area contributed by atoms with Gasteiger partial charge in [0.05, 0.1) is 0 Å². The van der Waals surface area contributed by atoms with Crippen LogP contribution in [0.3, 0.4) is 0 Å². The summed E-state index contributed by atoms with van der Waals surface area (Å²) >= 11 is 0. The van der Waals surface area contributed by atoms with Crippen LogP contribution in [0.25, 0.3) is 0 Å². The van der Waals surface area contributed by atoms with Crippen LogP contribution in [0.5, 0.6) is 0 Å². The van der Waals surface area contributed by atoms with Gasteiger partial charge in [-0.05, 0) is 31.2 Å². The summed E-state index contributed by atoms with van der Waals surface area (Å²) in [4.78, 5) is 10.6. The van der Waals surface area contributed by atoms with E-state index < -0.39 is 12.0 Å². The third-order valence-electron chi connectivity index (χ3n) is 1.95. The molecule has 0 aliphatic rings. The van der Waals surface area contributed by atoms with Crippen LogP contribution in [0.1, 0.15) is 12.5 Å². The molecule has 0 fully saturated rings. The molecule has 1 aromatic carbocycles. The number of carboxylic acid groups (broad SMARTS) is 1. The molecule has 5 heteroatoms. The summed E-state index contributed by atoms with van der Waals surface area (Å²) in [5, 5.41) is 18.6. The maximum atomic E-state index is 10.6. The molecule has 0 bridgehead atoms. The average Bonchev–Trinajstić information content (AvgIpc) is 2.18. The van der Waals surface area contributed by atoms with Crippen molar-refractivity contribution in [2.45, 2.75) is 13.0 Å². The van der Waals surface area contributed by atoms with Crippen LogP contribution >= 0.6 is 0 Å². The number of carbonyl (C=O) groups is 1. The van der Waals surface area contributed by atoms with Gasteiger partial charge in [-0.1, -0.05) is 0 Å². The second-order valence-corrected chi connectivity index (χ2v) is 3.20. The molecule has 0 aromatic heterocycles. The van der Waals surface area contributed by atoms with Crippen molar-refractivity contribution in [3.63, 3.8) is 0 Å². The van der Waals surface area contributed by atoms with E-state index in [1.165, 1.54) is 0 Å². The Balaban J connectivity index is 2.72. The first kappa shape index (κ1) is 11.0. The molecule has 0 radical (unpaired) electrons. The molecule has 0 saturated carbocycles. The predicted octanol–water partition coefficient (Wildman–Crippen LogP) is 0.856. The van der Waals surface area contributed by atoms with Crippen molar-refractivity contribution in [2.75, 3.05) is 5.32 Å². The number of anilines is 1. The van der Waals surface area contributed by atoms with E-state index in [4.69, 9.17) is 16.2 Å². The summed E-state index contributed by atoms with van der Waals surface area (Å²) in [6.45, 7) is 1.56. The largest absolute Gasteiger partial charge is 0.480 e. The van der Waals surface area contributed by atoms with Crippen LogP contribution in [-0.2, 0) is 4.79 Å². The van der Waals surface area contributed by atoms with Gasteiger partial charge in [0.25, 0.3) is 0 Å². The minimum atomic E-state index is -0.911. The first-order valence-corrected chi connectivity index (χ1v) is 4.44. The molecule has 15 heavy (non-hydrogen) atoms. The lowest BCUT2D eigenvalue weighted by Gasteiger charge is -2.10. The lowest BCUT2D eigenvalue weighted by Crippen LogP contribution is -2.25. The molecule has 0 saturated heterocycles. The Labute approximate surface area is 87.4 Å². The lowest BCUT2D eigenvalue weighted by atomic mass is 10.2. The molecule has 0 spiro atoms. The zero-order valence-electron chi connectivity index (χ0n) is 8.32. The van der Waals surface area contributed by atoms with E-state index in [2.05, 4.69) is 5.32 Å². The Morgan fingerprint density at radius 1 is 1.47 bits per heavy atom. The second-order valence-electron chi connectivity index (χ2n) is 3.20. The van der Waals surface area contributed by atoms with Gasteiger partial charge in [-0.3, -0.25) is 10.2 Å². The zero-order valence-corrected chi connectivity index (χ0v) is 8.32.